The number of aromatic nitrogens is 4. The molecule has 2 aromatic rings. The molecular formula is C9H13N7. The van der Waals surface area contributed by atoms with Gasteiger partial charge in [-0.25, -0.2) is 0 Å². The molecule has 5 N–H and O–H groups in total. The van der Waals surface area contributed by atoms with Crippen LogP contribution in [-0.2, 0) is 13.6 Å². The first kappa shape index (κ1) is 10.2. The number of hydrogen-bond donors (Lipinski definition) is 3. The summed E-state index contributed by atoms with van der Waals surface area (Å²) in [6.07, 6.45) is 1.74. The van der Waals surface area contributed by atoms with Gasteiger partial charge < -0.3 is 16.8 Å². The van der Waals surface area contributed by atoms with Crippen molar-refractivity contribution in [2.45, 2.75) is 6.54 Å². The molecule has 0 saturated heterocycles. The third kappa shape index (κ3) is 2.19. The summed E-state index contributed by atoms with van der Waals surface area (Å²) < 4.78 is 1.78. The van der Waals surface area contributed by atoms with Crippen molar-refractivity contribution in [1.29, 1.82) is 0 Å². The van der Waals surface area contributed by atoms with Crippen LogP contribution >= 0.6 is 0 Å². The first-order chi connectivity index (χ1) is 7.65. The summed E-state index contributed by atoms with van der Waals surface area (Å²) in [4.78, 5) is 7.79. The zero-order chi connectivity index (χ0) is 11.5. The predicted octanol–water partition coefficient (Wildman–Crippen LogP) is -0.0134. The molecule has 7 nitrogen and oxygen atoms in total. The standard InChI is InChI=1S/C9H13N7/c1-16-6(2-3-13-16)5-12-8-4-7(10)14-9(11)15-8/h2-4H,5H2,1H3,(H5,10,11,12,14,15). The molecule has 0 amide bonds. The van der Waals surface area contributed by atoms with Crippen molar-refractivity contribution in [1.82, 2.24) is 19.7 Å². The van der Waals surface area contributed by atoms with Crippen LogP contribution in [-0.4, -0.2) is 19.7 Å². The molecule has 2 aromatic heterocycles. The van der Waals surface area contributed by atoms with Gasteiger partial charge in [0.05, 0.1) is 12.2 Å². The average Bonchev–Trinajstić information content (AvgIpc) is 2.59. The lowest BCUT2D eigenvalue weighted by Crippen LogP contribution is -2.08. The second-order valence-electron chi connectivity index (χ2n) is 3.34. The molecule has 0 aromatic carbocycles. The quantitative estimate of drug-likeness (QED) is 0.670. The van der Waals surface area contributed by atoms with E-state index in [4.69, 9.17) is 11.5 Å². The minimum Gasteiger partial charge on any atom is -0.383 e. The minimum atomic E-state index is 0.160. The van der Waals surface area contributed by atoms with Crippen LogP contribution in [0.15, 0.2) is 18.3 Å². The Bertz CT molecular complexity index is 470. The average molecular weight is 219 g/mol. The van der Waals surface area contributed by atoms with Gasteiger partial charge in [0.25, 0.3) is 0 Å². The Kier molecular flexibility index (Phi) is 2.59. The highest BCUT2D eigenvalue weighted by atomic mass is 15.3. The van der Waals surface area contributed by atoms with Gasteiger partial charge >= 0.3 is 0 Å². The molecule has 0 aliphatic rings. The summed E-state index contributed by atoms with van der Waals surface area (Å²) in [7, 11) is 1.87. The minimum absolute atomic E-state index is 0.160. The van der Waals surface area contributed by atoms with E-state index in [1.54, 1.807) is 16.9 Å². The predicted molar refractivity (Wildman–Crippen MR) is 61.4 cm³/mol. The van der Waals surface area contributed by atoms with Gasteiger partial charge in [-0.2, -0.15) is 15.1 Å². The van der Waals surface area contributed by atoms with Crippen molar-refractivity contribution in [2.24, 2.45) is 7.05 Å². The molecule has 0 spiro atoms. The van der Waals surface area contributed by atoms with Crippen LogP contribution < -0.4 is 16.8 Å². The van der Waals surface area contributed by atoms with Gasteiger partial charge in [-0.3, -0.25) is 4.68 Å². The molecule has 0 radical (unpaired) electrons. The molecule has 2 heterocycles. The molecule has 7 heteroatoms. The summed E-state index contributed by atoms with van der Waals surface area (Å²) in [6.45, 7) is 0.604. The highest BCUT2D eigenvalue weighted by molar-refractivity contribution is 5.48. The first-order valence-electron chi connectivity index (χ1n) is 4.76. The molecule has 0 atom stereocenters. The lowest BCUT2D eigenvalue weighted by molar-refractivity contribution is 0.720. The lowest BCUT2D eigenvalue weighted by atomic mass is 10.4. The molecule has 16 heavy (non-hydrogen) atoms. The van der Waals surface area contributed by atoms with Crippen LogP contribution in [0.1, 0.15) is 5.69 Å². The zero-order valence-electron chi connectivity index (χ0n) is 8.88. The normalized spacial score (nSPS) is 10.3. The van der Waals surface area contributed by atoms with Crippen molar-refractivity contribution in [3.8, 4) is 0 Å². The fraction of sp³-hybridized carbons (Fsp3) is 0.222. The molecule has 0 saturated carbocycles. The van der Waals surface area contributed by atoms with E-state index in [0.29, 0.717) is 18.2 Å². The first-order valence-corrected chi connectivity index (χ1v) is 4.76. The zero-order valence-corrected chi connectivity index (χ0v) is 8.88. The smallest absolute Gasteiger partial charge is 0.223 e. The highest BCUT2D eigenvalue weighted by Gasteiger charge is 2.01. The van der Waals surface area contributed by atoms with Crippen molar-refractivity contribution in [3.05, 3.63) is 24.0 Å². The van der Waals surface area contributed by atoms with Crippen molar-refractivity contribution in [2.75, 3.05) is 16.8 Å². The van der Waals surface area contributed by atoms with Crippen LogP contribution in [0.25, 0.3) is 0 Å². The van der Waals surface area contributed by atoms with Crippen molar-refractivity contribution in [3.63, 3.8) is 0 Å². The Morgan fingerprint density at radius 3 is 2.81 bits per heavy atom. The van der Waals surface area contributed by atoms with E-state index >= 15 is 0 Å². The Hall–Kier alpha value is -2.31. The van der Waals surface area contributed by atoms with E-state index in [2.05, 4.69) is 20.4 Å². The van der Waals surface area contributed by atoms with E-state index in [1.807, 2.05) is 13.1 Å². The van der Waals surface area contributed by atoms with Crippen LogP contribution in [0.5, 0.6) is 0 Å². The SMILES string of the molecule is Cn1nccc1CNc1cc(N)nc(N)n1. The number of aryl methyl sites for hydroxylation is 1. The van der Waals surface area contributed by atoms with Gasteiger partial charge in [0.15, 0.2) is 0 Å². The topological polar surface area (TPSA) is 108 Å². The van der Waals surface area contributed by atoms with Gasteiger partial charge in [0.2, 0.25) is 5.95 Å². The van der Waals surface area contributed by atoms with Crippen LogP contribution in [0, 0.1) is 0 Å². The number of nitrogens with two attached hydrogens (primary N) is 2. The third-order valence-electron chi connectivity index (χ3n) is 2.14. The van der Waals surface area contributed by atoms with E-state index in [9.17, 15) is 0 Å². The van der Waals surface area contributed by atoms with Crippen LogP contribution in [0.4, 0.5) is 17.6 Å². The maximum absolute atomic E-state index is 5.55. The number of nitrogen functional groups attached to an aromatic ring is 2. The van der Waals surface area contributed by atoms with E-state index in [0.717, 1.165) is 5.69 Å². The Labute approximate surface area is 92.5 Å². The maximum Gasteiger partial charge on any atom is 0.223 e. The van der Waals surface area contributed by atoms with Crippen molar-refractivity contribution < 1.29 is 0 Å². The Morgan fingerprint density at radius 2 is 2.19 bits per heavy atom. The maximum atomic E-state index is 5.55. The summed E-state index contributed by atoms with van der Waals surface area (Å²) in [6, 6.07) is 3.55. The number of nitrogens with zero attached hydrogens (tertiary/aromatic N) is 4. The van der Waals surface area contributed by atoms with Gasteiger partial charge in [-0.15, -0.1) is 0 Å². The monoisotopic (exact) mass is 219 g/mol. The van der Waals surface area contributed by atoms with E-state index in [-0.39, 0.29) is 5.95 Å². The Morgan fingerprint density at radius 1 is 1.38 bits per heavy atom. The van der Waals surface area contributed by atoms with Crippen LogP contribution in [0.3, 0.4) is 0 Å². The summed E-state index contributed by atoms with van der Waals surface area (Å²) in [5, 5.41) is 7.16. The fourth-order valence-corrected chi connectivity index (χ4v) is 1.33. The second-order valence-corrected chi connectivity index (χ2v) is 3.34. The fourth-order valence-electron chi connectivity index (χ4n) is 1.33. The second kappa shape index (κ2) is 4.05. The van der Waals surface area contributed by atoms with Gasteiger partial charge in [-0.05, 0) is 6.07 Å². The molecule has 0 bridgehead atoms. The summed E-state index contributed by atoms with van der Waals surface area (Å²) in [5.41, 5.74) is 12.1. The van der Waals surface area contributed by atoms with E-state index < -0.39 is 0 Å². The van der Waals surface area contributed by atoms with Crippen molar-refractivity contribution >= 4 is 17.6 Å². The Balaban J connectivity index is 2.07. The molecule has 0 aliphatic heterocycles. The highest BCUT2D eigenvalue weighted by Crippen LogP contribution is 2.10. The molecule has 0 unspecified atom stereocenters. The van der Waals surface area contributed by atoms with Gasteiger partial charge in [-0.1, -0.05) is 0 Å². The van der Waals surface area contributed by atoms with Gasteiger partial charge in [0.1, 0.15) is 11.6 Å². The number of anilines is 3. The number of rotatable bonds is 3. The third-order valence-corrected chi connectivity index (χ3v) is 2.14. The molecular weight excluding hydrogens is 206 g/mol. The molecule has 0 aliphatic carbocycles. The van der Waals surface area contributed by atoms with E-state index in [1.165, 1.54) is 0 Å². The summed E-state index contributed by atoms with van der Waals surface area (Å²) >= 11 is 0. The largest absolute Gasteiger partial charge is 0.383 e. The van der Waals surface area contributed by atoms with Gasteiger partial charge in [0, 0.05) is 19.3 Å². The van der Waals surface area contributed by atoms with Crippen LogP contribution in [0.2, 0.25) is 0 Å². The number of nitrogens with one attached hydrogen (secondary N) is 1. The summed E-state index contributed by atoms with van der Waals surface area (Å²) in [5.74, 6) is 1.11. The molecule has 84 valence electrons. The lowest BCUT2D eigenvalue weighted by Gasteiger charge is -2.06. The molecule has 2 rings (SSSR count). The molecule has 0 fully saturated rings. The number of hydrogen-bond acceptors (Lipinski definition) is 6.